The fourth-order valence-corrected chi connectivity index (χ4v) is 3.02. The first-order valence-electron chi connectivity index (χ1n) is 7.45. The van der Waals surface area contributed by atoms with E-state index in [0.717, 1.165) is 38.0 Å². The van der Waals surface area contributed by atoms with E-state index in [2.05, 4.69) is 16.7 Å². The molecule has 4 heteroatoms. The summed E-state index contributed by atoms with van der Waals surface area (Å²) in [6.45, 7) is 3.49. The van der Waals surface area contributed by atoms with Crippen molar-refractivity contribution in [3.63, 3.8) is 0 Å². The maximum atomic E-state index is 12.3. The van der Waals surface area contributed by atoms with Crippen LogP contribution >= 0.6 is 0 Å². The van der Waals surface area contributed by atoms with Crippen LogP contribution in [0.5, 0.6) is 5.75 Å². The number of carbonyl (C=O) groups is 1. The maximum Gasteiger partial charge on any atom is 0.240 e. The third kappa shape index (κ3) is 2.66. The fourth-order valence-electron chi connectivity index (χ4n) is 3.02. The molecule has 3 rings (SSSR count). The van der Waals surface area contributed by atoms with Gasteiger partial charge in [-0.3, -0.25) is 4.79 Å². The van der Waals surface area contributed by atoms with Gasteiger partial charge in [0.2, 0.25) is 5.91 Å². The lowest BCUT2D eigenvalue weighted by Gasteiger charge is -2.33. The molecule has 0 spiro atoms. The number of benzene rings is 1. The molecule has 2 aliphatic rings. The van der Waals surface area contributed by atoms with Crippen molar-refractivity contribution in [2.45, 2.75) is 44.2 Å². The van der Waals surface area contributed by atoms with E-state index < -0.39 is 5.54 Å². The summed E-state index contributed by atoms with van der Waals surface area (Å²) in [7, 11) is 0. The Hall–Kier alpha value is -1.55. The van der Waals surface area contributed by atoms with E-state index in [9.17, 15) is 4.79 Å². The number of rotatable bonds is 3. The molecule has 2 aliphatic heterocycles. The minimum Gasteiger partial charge on any atom is -0.488 e. The molecule has 20 heavy (non-hydrogen) atoms. The van der Waals surface area contributed by atoms with Gasteiger partial charge in [0, 0.05) is 6.42 Å². The highest BCUT2D eigenvalue weighted by molar-refractivity contribution is 5.86. The van der Waals surface area contributed by atoms with Gasteiger partial charge in [0.25, 0.3) is 0 Å². The Morgan fingerprint density at radius 1 is 1.45 bits per heavy atom. The highest BCUT2D eigenvalue weighted by atomic mass is 16.5. The molecule has 1 fully saturated rings. The third-order valence-corrected chi connectivity index (χ3v) is 4.32. The molecule has 2 N–H and O–H groups in total. The lowest BCUT2D eigenvalue weighted by molar-refractivity contribution is -0.128. The molecule has 1 amide bonds. The van der Waals surface area contributed by atoms with Crippen molar-refractivity contribution >= 4 is 5.91 Å². The lowest BCUT2D eigenvalue weighted by atomic mass is 9.90. The molecule has 1 saturated heterocycles. The molecular weight excluding hydrogens is 252 g/mol. The molecule has 2 atom stereocenters. The number of hydrogen-bond donors (Lipinski definition) is 2. The van der Waals surface area contributed by atoms with Crippen molar-refractivity contribution in [2.24, 2.45) is 0 Å². The Labute approximate surface area is 119 Å². The van der Waals surface area contributed by atoms with Crippen LogP contribution in [0.25, 0.3) is 0 Å². The Bertz CT molecular complexity index is 470. The number of fused-ring (bicyclic) bond motifs is 1. The van der Waals surface area contributed by atoms with E-state index in [0.29, 0.717) is 6.54 Å². The van der Waals surface area contributed by atoms with E-state index >= 15 is 0 Å². The number of carbonyl (C=O) groups excluding carboxylic acids is 1. The Morgan fingerprint density at radius 3 is 3.05 bits per heavy atom. The van der Waals surface area contributed by atoms with Gasteiger partial charge in [-0.15, -0.1) is 0 Å². The molecule has 0 saturated carbocycles. The number of piperidine rings is 1. The van der Waals surface area contributed by atoms with E-state index in [1.807, 2.05) is 25.1 Å². The van der Waals surface area contributed by atoms with Gasteiger partial charge in [0.1, 0.15) is 11.9 Å². The normalized spacial score (nSPS) is 28.6. The van der Waals surface area contributed by atoms with Crippen molar-refractivity contribution in [2.75, 3.05) is 13.1 Å². The molecule has 0 aromatic heterocycles. The summed E-state index contributed by atoms with van der Waals surface area (Å²) in [6.07, 6.45) is 4.11. The van der Waals surface area contributed by atoms with E-state index in [1.54, 1.807) is 0 Å². The Balaban J connectivity index is 1.52. The van der Waals surface area contributed by atoms with Gasteiger partial charge in [-0.05, 0) is 44.4 Å². The Morgan fingerprint density at radius 2 is 2.30 bits per heavy atom. The Kier molecular flexibility index (Phi) is 3.66. The number of amides is 1. The van der Waals surface area contributed by atoms with Crippen molar-refractivity contribution in [1.82, 2.24) is 10.6 Å². The SMILES string of the molecule is CC1(C(=O)NCC2Cc3ccccc3O2)CCCCN1. The highest BCUT2D eigenvalue weighted by Crippen LogP contribution is 2.28. The lowest BCUT2D eigenvalue weighted by Crippen LogP contribution is -2.57. The van der Waals surface area contributed by atoms with Crippen LogP contribution in [0.2, 0.25) is 0 Å². The standard InChI is InChI=1S/C16H22N2O2/c1-16(8-4-5-9-18-16)15(19)17-11-13-10-12-6-2-3-7-14(12)20-13/h2-3,6-7,13,18H,4-5,8-11H2,1H3,(H,17,19). The largest absolute Gasteiger partial charge is 0.488 e. The minimum absolute atomic E-state index is 0.0588. The molecule has 1 aromatic carbocycles. The zero-order valence-corrected chi connectivity index (χ0v) is 11.9. The van der Waals surface area contributed by atoms with Crippen LogP contribution in [0.1, 0.15) is 31.7 Å². The van der Waals surface area contributed by atoms with Gasteiger partial charge in [-0.25, -0.2) is 0 Å². The molecule has 0 aliphatic carbocycles. The number of para-hydroxylation sites is 1. The topological polar surface area (TPSA) is 50.4 Å². The van der Waals surface area contributed by atoms with Crippen LogP contribution < -0.4 is 15.4 Å². The van der Waals surface area contributed by atoms with Gasteiger partial charge in [0.15, 0.2) is 0 Å². The quantitative estimate of drug-likeness (QED) is 0.881. The zero-order valence-electron chi connectivity index (χ0n) is 11.9. The number of hydrogen-bond acceptors (Lipinski definition) is 3. The predicted molar refractivity (Wildman–Crippen MR) is 77.8 cm³/mol. The van der Waals surface area contributed by atoms with Crippen LogP contribution in [0.3, 0.4) is 0 Å². The van der Waals surface area contributed by atoms with Gasteiger partial charge in [-0.2, -0.15) is 0 Å². The minimum atomic E-state index is -0.413. The van der Waals surface area contributed by atoms with Crippen LogP contribution in [-0.4, -0.2) is 30.6 Å². The summed E-state index contributed by atoms with van der Waals surface area (Å²) in [4.78, 5) is 12.3. The van der Waals surface area contributed by atoms with E-state index in [1.165, 1.54) is 5.56 Å². The smallest absolute Gasteiger partial charge is 0.240 e. The first-order chi connectivity index (χ1) is 9.67. The molecule has 108 valence electrons. The average Bonchev–Trinajstić information content (AvgIpc) is 2.88. The maximum absolute atomic E-state index is 12.3. The summed E-state index contributed by atoms with van der Waals surface area (Å²) < 4.78 is 5.84. The fraction of sp³-hybridized carbons (Fsp3) is 0.562. The summed E-state index contributed by atoms with van der Waals surface area (Å²) in [6, 6.07) is 8.07. The second-order valence-corrected chi connectivity index (χ2v) is 5.98. The molecular formula is C16H22N2O2. The number of ether oxygens (including phenoxy) is 1. The molecule has 0 bridgehead atoms. The number of nitrogens with one attached hydrogen (secondary N) is 2. The third-order valence-electron chi connectivity index (χ3n) is 4.32. The molecule has 2 heterocycles. The van der Waals surface area contributed by atoms with Crippen molar-refractivity contribution in [3.8, 4) is 5.75 Å². The average molecular weight is 274 g/mol. The summed E-state index contributed by atoms with van der Waals surface area (Å²) in [5, 5.41) is 6.38. The molecule has 1 aromatic rings. The highest BCUT2D eigenvalue weighted by Gasteiger charge is 2.34. The first-order valence-corrected chi connectivity index (χ1v) is 7.45. The van der Waals surface area contributed by atoms with Gasteiger partial charge in [0.05, 0.1) is 12.1 Å². The monoisotopic (exact) mass is 274 g/mol. The van der Waals surface area contributed by atoms with Gasteiger partial charge < -0.3 is 15.4 Å². The van der Waals surface area contributed by atoms with Crippen LogP contribution in [0, 0.1) is 0 Å². The molecule has 4 nitrogen and oxygen atoms in total. The molecule has 0 radical (unpaired) electrons. The van der Waals surface area contributed by atoms with Crippen molar-refractivity contribution in [1.29, 1.82) is 0 Å². The van der Waals surface area contributed by atoms with Gasteiger partial charge in [-0.1, -0.05) is 18.2 Å². The van der Waals surface area contributed by atoms with Gasteiger partial charge >= 0.3 is 0 Å². The molecule has 2 unspecified atom stereocenters. The zero-order chi connectivity index (χ0) is 14.0. The summed E-state index contributed by atoms with van der Waals surface area (Å²) in [5.41, 5.74) is 0.817. The summed E-state index contributed by atoms with van der Waals surface area (Å²) >= 11 is 0. The summed E-state index contributed by atoms with van der Waals surface area (Å²) in [5.74, 6) is 1.05. The van der Waals surface area contributed by atoms with Crippen molar-refractivity contribution < 1.29 is 9.53 Å². The van der Waals surface area contributed by atoms with Crippen LogP contribution in [0.4, 0.5) is 0 Å². The second-order valence-electron chi connectivity index (χ2n) is 5.98. The van der Waals surface area contributed by atoms with Crippen LogP contribution in [-0.2, 0) is 11.2 Å². The van der Waals surface area contributed by atoms with Crippen molar-refractivity contribution in [3.05, 3.63) is 29.8 Å². The first kappa shape index (κ1) is 13.4. The van der Waals surface area contributed by atoms with E-state index in [-0.39, 0.29) is 12.0 Å². The second kappa shape index (κ2) is 5.44. The predicted octanol–water partition coefficient (Wildman–Crippen LogP) is 1.64. The van der Waals surface area contributed by atoms with E-state index in [4.69, 9.17) is 4.74 Å². The van der Waals surface area contributed by atoms with Crippen LogP contribution in [0.15, 0.2) is 24.3 Å².